The van der Waals surface area contributed by atoms with Gasteiger partial charge in [-0.3, -0.25) is 18.6 Å². The summed E-state index contributed by atoms with van der Waals surface area (Å²) < 4.78 is 33.2. The lowest BCUT2D eigenvalue weighted by molar-refractivity contribution is -0.161. The molecule has 0 spiro atoms. The first kappa shape index (κ1) is 80.2. The van der Waals surface area contributed by atoms with E-state index in [4.69, 9.17) is 24.3 Å². The smallest absolute Gasteiger partial charge is 0.462 e. The molecule has 82 heavy (non-hydrogen) atoms. The molecule has 0 saturated heterocycles. The van der Waals surface area contributed by atoms with E-state index in [0.29, 0.717) is 6.42 Å². The first-order valence-corrected chi connectivity index (χ1v) is 37.5. The van der Waals surface area contributed by atoms with Crippen LogP contribution in [0, 0.1) is 0 Å². The lowest BCUT2D eigenvalue weighted by atomic mass is 10.0. The van der Waals surface area contributed by atoms with E-state index in [2.05, 4.69) is 50.3 Å². The van der Waals surface area contributed by atoms with Crippen molar-refractivity contribution in [3.8, 4) is 0 Å². The van der Waals surface area contributed by atoms with Crippen LogP contribution in [0.1, 0.15) is 380 Å². The molecule has 0 aliphatic rings. The highest BCUT2D eigenvalue weighted by atomic mass is 31.2. The van der Waals surface area contributed by atoms with Crippen LogP contribution in [0.2, 0.25) is 0 Å². The highest BCUT2D eigenvalue weighted by Gasteiger charge is 2.26. The fourth-order valence-corrected chi connectivity index (χ4v) is 11.7. The molecule has 484 valence electrons. The predicted octanol–water partition coefficient (Wildman–Crippen LogP) is 23.5. The van der Waals surface area contributed by atoms with Gasteiger partial charge in [0, 0.05) is 19.4 Å². The summed E-state index contributed by atoms with van der Waals surface area (Å²) in [6, 6.07) is 0. The van der Waals surface area contributed by atoms with Crippen molar-refractivity contribution in [1.82, 2.24) is 0 Å². The molecule has 2 atom stereocenters. The Morgan fingerprint density at radius 1 is 0.366 bits per heavy atom. The van der Waals surface area contributed by atoms with Crippen molar-refractivity contribution >= 4 is 19.8 Å². The van der Waals surface area contributed by atoms with Gasteiger partial charge in [-0.2, -0.15) is 0 Å². The maximum atomic E-state index is 12.7. The molecule has 9 nitrogen and oxygen atoms in total. The van der Waals surface area contributed by atoms with E-state index in [1.165, 1.54) is 289 Å². The first-order valence-electron chi connectivity index (χ1n) is 36.0. The largest absolute Gasteiger partial charge is 0.472 e. The summed E-state index contributed by atoms with van der Waals surface area (Å²) in [6.45, 7) is 3.79. The lowest BCUT2D eigenvalue weighted by Crippen LogP contribution is -2.29. The monoisotopic (exact) mass is 1180 g/mol. The molecule has 0 heterocycles. The third kappa shape index (κ3) is 67.4. The third-order valence-electron chi connectivity index (χ3n) is 16.3. The van der Waals surface area contributed by atoms with Crippen LogP contribution in [-0.2, 0) is 32.7 Å². The van der Waals surface area contributed by atoms with Crippen LogP contribution in [0.3, 0.4) is 0 Å². The topological polar surface area (TPSA) is 134 Å². The van der Waals surface area contributed by atoms with E-state index in [0.717, 1.165) is 57.8 Å². The Balaban J connectivity index is 3.77. The van der Waals surface area contributed by atoms with E-state index in [1.807, 2.05) is 0 Å². The molecular weight excluding hydrogens is 1040 g/mol. The Morgan fingerprint density at radius 3 is 0.939 bits per heavy atom. The number of allylic oxidation sites excluding steroid dienone is 6. The number of hydrogen-bond acceptors (Lipinski definition) is 8. The average molecular weight is 1180 g/mol. The fraction of sp³-hybridized carbons (Fsp3) is 0.889. The summed E-state index contributed by atoms with van der Waals surface area (Å²) in [6.07, 6.45) is 85.5. The number of rotatable bonds is 69. The number of phosphoric acid groups is 1. The zero-order chi connectivity index (χ0) is 59.4. The van der Waals surface area contributed by atoms with Crippen molar-refractivity contribution < 1.29 is 37.6 Å². The van der Waals surface area contributed by atoms with E-state index in [1.54, 1.807) is 0 Å². The maximum absolute atomic E-state index is 12.7. The lowest BCUT2D eigenvalue weighted by Gasteiger charge is -2.19. The Hall–Kier alpha value is -1.77. The van der Waals surface area contributed by atoms with Gasteiger partial charge in [-0.15, -0.1) is 0 Å². The zero-order valence-electron chi connectivity index (χ0n) is 54.5. The van der Waals surface area contributed by atoms with E-state index in [9.17, 15) is 19.0 Å². The minimum atomic E-state index is -4.39. The molecule has 0 amide bonds. The van der Waals surface area contributed by atoms with E-state index < -0.39 is 26.5 Å². The molecule has 10 heteroatoms. The predicted molar refractivity (Wildman–Crippen MR) is 354 cm³/mol. The minimum Gasteiger partial charge on any atom is -0.462 e. The van der Waals surface area contributed by atoms with Crippen molar-refractivity contribution in [3.63, 3.8) is 0 Å². The van der Waals surface area contributed by atoms with Crippen LogP contribution in [0.5, 0.6) is 0 Å². The maximum Gasteiger partial charge on any atom is 0.472 e. The second kappa shape index (κ2) is 68.3. The van der Waals surface area contributed by atoms with Crippen LogP contribution in [0.15, 0.2) is 36.5 Å². The summed E-state index contributed by atoms with van der Waals surface area (Å²) >= 11 is 0. The van der Waals surface area contributed by atoms with Gasteiger partial charge in [-0.25, -0.2) is 4.57 Å². The molecule has 0 aromatic carbocycles. The highest BCUT2D eigenvalue weighted by Crippen LogP contribution is 2.43. The molecule has 2 unspecified atom stereocenters. The number of nitrogens with two attached hydrogens (primary N) is 1. The summed E-state index contributed by atoms with van der Waals surface area (Å²) in [5.41, 5.74) is 5.40. The van der Waals surface area contributed by atoms with Gasteiger partial charge in [0.2, 0.25) is 0 Å². The standard InChI is InChI=1S/C72H138NO8P/c1-3-5-7-9-11-13-15-17-19-21-23-25-27-28-29-30-31-32-33-34-35-36-37-38-39-40-41-43-44-46-48-50-52-54-56-58-60-62-64-71(74)78-68-70(69-80-82(76,77)79-67-66-73)81-72(75)65-63-61-59-57-55-53-51-49-47-45-42-26-24-22-20-18-16-14-12-10-8-6-4-2/h16,18,22,24,42,45,70H,3-15,17,19-21,23,25-41,43-44,46-69,73H2,1-2H3,(H,76,77)/b18-16-,24-22-,45-42-. The second-order valence-corrected chi connectivity index (χ2v) is 25.9. The van der Waals surface area contributed by atoms with Crippen molar-refractivity contribution in [3.05, 3.63) is 36.5 Å². The summed E-state index contributed by atoms with van der Waals surface area (Å²) in [5.74, 6) is -0.818. The quantitative estimate of drug-likeness (QED) is 0.0264. The zero-order valence-corrected chi connectivity index (χ0v) is 55.4. The van der Waals surface area contributed by atoms with Crippen LogP contribution in [0.4, 0.5) is 0 Å². The summed E-state index contributed by atoms with van der Waals surface area (Å²) in [7, 11) is -4.39. The molecule has 0 radical (unpaired) electrons. The number of hydrogen-bond donors (Lipinski definition) is 2. The van der Waals surface area contributed by atoms with Gasteiger partial charge < -0.3 is 20.1 Å². The third-order valence-corrected chi connectivity index (χ3v) is 17.3. The van der Waals surface area contributed by atoms with Crippen LogP contribution in [0.25, 0.3) is 0 Å². The van der Waals surface area contributed by atoms with Gasteiger partial charge in [0.15, 0.2) is 6.10 Å². The number of unbranched alkanes of at least 4 members (excludes halogenated alkanes) is 50. The minimum absolute atomic E-state index is 0.0532. The second-order valence-electron chi connectivity index (χ2n) is 24.5. The van der Waals surface area contributed by atoms with Crippen molar-refractivity contribution in [2.24, 2.45) is 5.73 Å². The Labute approximate surface area is 509 Å². The summed E-state index contributed by atoms with van der Waals surface area (Å²) in [5, 5.41) is 0. The van der Waals surface area contributed by atoms with Gasteiger partial charge >= 0.3 is 19.8 Å². The van der Waals surface area contributed by atoms with Crippen molar-refractivity contribution in [2.45, 2.75) is 386 Å². The molecule has 0 aliphatic heterocycles. The highest BCUT2D eigenvalue weighted by molar-refractivity contribution is 7.47. The molecule has 0 saturated carbocycles. The van der Waals surface area contributed by atoms with Crippen LogP contribution in [-0.4, -0.2) is 49.3 Å². The molecule has 0 fully saturated rings. The molecule has 0 aromatic heterocycles. The number of ether oxygens (including phenoxy) is 2. The fourth-order valence-electron chi connectivity index (χ4n) is 10.9. The number of esters is 2. The van der Waals surface area contributed by atoms with Gasteiger partial charge in [-0.05, 0) is 51.4 Å². The average Bonchev–Trinajstić information content (AvgIpc) is 3.48. The molecular formula is C72H138NO8P. The normalized spacial score (nSPS) is 13.1. The molecule has 3 N–H and O–H groups in total. The molecule has 0 aliphatic carbocycles. The number of phosphoric ester groups is 1. The Kier molecular flexibility index (Phi) is 66.9. The Morgan fingerprint density at radius 2 is 0.634 bits per heavy atom. The van der Waals surface area contributed by atoms with Gasteiger partial charge in [0.05, 0.1) is 13.2 Å². The molecule has 0 bridgehead atoms. The van der Waals surface area contributed by atoms with Gasteiger partial charge in [0.25, 0.3) is 0 Å². The van der Waals surface area contributed by atoms with Crippen LogP contribution < -0.4 is 5.73 Å². The molecule has 0 aromatic rings. The number of carbonyl (C=O) groups excluding carboxylic acids is 2. The van der Waals surface area contributed by atoms with Gasteiger partial charge in [0.1, 0.15) is 6.61 Å². The van der Waals surface area contributed by atoms with E-state index in [-0.39, 0.29) is 38.6 Å². The first-order chi connectivity index (χ1) is 40.3. The van der Waals surface area contributed by atoms with Crippen molar-refractivity contribution in [1.29, 1.82) is 0 Å². The molecule has 0 rings (SSSR count). The van der Waals surface area contributed by atoms with E-state index >= 15 is 0 Å². The Bertz CT molecular complexity index is 1440. The van der Waals surface area contributed by atoms with Gasteiger partial charge in [-0.1, -0.05) is 352 Å². The van der Waals surface area contributed by atoms with Crippen LogP contribution >= 0.6 is 7.82 Å². The van der Waals surface area contributed by atoms with Crippen molar-refractivity contribution in [2.75, 3.05) is 26.4 Å². The number of carbonyl (C=O) groups is 2. The summed E-state index contributed by atoms with van der Waals surface area (Å²) in [4.78, 5) is 35.3. The SMILES string of the molecule is CCCCCCC/C=C\C/C=C\C/C=C\CCCCCCCCCCC(=O)OC(COC(=O)CCCCCCCCCCCCCCCCCCCCCCCCCCCCCCCCCCCCCCCC)COP(=O)(O)OCCN.